The smallest absolute Gasteiger partial charge is 0.123 e. The van der Waals surface area contributed by atoms with Gasteiger partial charge in [-0.05, 0) is 25.1 Å². The summed E-state index contributed by atoms with van der Waals surface area (Å²) < 4.78 is 19.2. The Morgan fingerprint density at radius 1 is 1.39 bits per heavy atom. The third-order valence-corrected chi connectivity index (χ3v) is 3.71. The third kappa shape index (κ3) is 2.35. The lowest BCUT2D eigenvalue weighted by Crippen LogP contribution is -2.51. The van der Waals surface area contributed by atoms with Crippen molar-refractivity contribution in [3.05, 3.63) is 29.6 Å². The van der Waals surface area contributed by atoms with Gasteiger partial charge in [0.05, 0.1) is 0 Å². The average molecular weight is 250 g/mol. The van der Waals surface area contributed by atoms with Crippen LogP contribution in [0, 0.1) is 5.82 Å². The summed E-state index contributed by atoms with van der Waals surface area (Å²) in [5, 5.41) is 3.34. The van der Waals surface area contributed by atoms with Gasteiger partial charge in [-0.2, -0.15) is 0 Å². The highest BCUT2D eigenvalue weighted by atomic mass is 19.1. The molecule has 0 aliphatic carbocycles. The van der Waals surface area contributed by atoms with Crippen molar-refractivity contribution in [2.45, 2.75) is 18.9 Å². The van der Waals surface area contributed by atoms with Crippen LogP contribution >= 0.6 is 0 Å². The Kier molecular flexibility index (Phi) is 2.99. The number of rotatable bonds is 2. The van der Waals surface area contributed by atoms with Gasteiger partial charge in [-0.25, -0.2) is 4.39 Å². The summed E-state index contributed by atoms with van der Waals surface area (Å²) in [5.74, 6) is 0.665. The molecule has 1 aromatic carbocycles. The van der Waals surface area contributed by atoms with E-state index in [9.17, 15) is 4.39 Å². The molecule has 0 bridgehead atoms. The lowest BCUT2D eigenvalue weighted by atomic mass is 9.98. The zero-order valence-corrected chi connectivity index (χ0v) is 10.7. The number of benzene rings is 1. The normalized spacial score (nSPS) is 27.9. The molecule has 2 heterocycles. The molecule has 1 N–H and O–H groups in total. The van der Waals surface area contributed by atoms with E-state index in [4.69, 9.17) is 4.74 Å². The van der Waals surface area contributed by atoms with E-state index in [0.29, 0.717) is 0 Å². The van der Waals surface area contributed by atoms with E-state index < -0.39 is 0 Å². The molecule has 1 fully saturated rings. The summed E-state index contributed by atoms with van der Waals surface area (Å²) in [6, 6.07) is 4.81. The minimum atomic E-state index is -0.215. The molecular formula is C14H19FN2O. The quantitative estimate of drug-likeness (QED) is 0.859. The van der Waals surface area contributed by atoms with Gasteiger partial charge in [-0.1, -0.05) is 0 Å². The average Bonchev–Trinajstić information content (AvgIpc) is 2.65. The first-order valence-electron chi connectivity index (χ1n) is 6.55. The number of halogens is 1. The molecule has 2 aliphatic rings. The Morgan fingerprint density at radius 3 is 2.94 bits per heavy atom. The maximum atomic E-state index is 13.2. The largest absolute Gasteiger partial charge is 0.486 e. The van der Waals surface area contributed by atoms with Crippen LogP contribution < -0.4 is 10.1 Å². The summed E-state index contributed by atoms with van der Waals surface area (Å²) in [4.78, 5) is 2.42. The Hall–Kier alpha value is -1.13. The van der Waals surface area contributed by atoms with Crippen molar-refractivity contribution in [3.63, 3.8) is 0 Å². The van der Waals surface area contributed by atoms with Crippen molar-refractivity contribution >= 4 is 0 Å². The van der Waals surface area contributed by atoms with E-state index in [2.05, 4.69) is 17.1 Å². The maximum Gasteiger partial charge on any atom is 0.123 e. The van der Waals surface area contributed by atoms with E-state index in [1.807, 2.05) is 0 Å². The third-order valence-electron chi connectivity index (χ3n) is 3.71. The number of nitrogens with one attached hydrogen (secondary N) is 1. The van der Waals surface area contributed by atoms with Crippen LogP contribution in [0.5, 0.6) is 5.75 Å². The van der Waals surface area contributed by atoms with E-state index >= 15 is 0 Å². The maximum absolute atomic E-state index is 13.2. The summed E-state index contributed by atoms with van der Waals surface area (Å²) in [6.45, 7) is 7.22. The molecule has 0 amide bonds. The van der Waals surface area contributed by atoms with Gasteiger partial charge in [0.1, 0.15) is 17.2 Å². The lowest BCUT2D eigenvalue weighted by molar-refractivity contribution is 0.0583. The van der Waals surface area contributed by atoms with Crippen molar-refractivity contribution in [2.24, 2.45) is 0 Å². The second-order valence-electron chi connectivity index (χ2n) is 5.51. The highest BCUT2D eigenvalue weighted by Gasteiger charge is 2.36. The fraction of sp³-hybridized carbons (Fsp3) is 0.571. The highest BCUT2D eigenvalue weighted by Crippen LogP contribution is 2.35. The number of piperazine rings is 1. The first-order valence-corrected chi connectivity index (χ1v) is 6.55. The van der Waals surface area contributed by atoms with Gasteiger partial charge in [0.25, 0.3) is 0 Å². The first kappa shape index (κ1) is 11.9. The molecule has 98 valence electrons. The summed E-state index contributed by atoms with van der Waals surface area (Å²) >= 11 is 0. The van der Waals surface area contributed by atoms with Crippen molar-refractivity contribution in [3.8, 4) is 5.75 Å². The van der Waals surface area contributed by atoms with Gasteiger partial charge in [0.2, 0.25) is 0 Å². The number of hydrogen-bond donors (Lipinski definition) is 1. The Morgan fingerprint density at radius 2 is 2.17 bits per heavy atom. The van der Waals surface area contributed by atoms with Crippen LogP contribution in [0.25, 0.3) is 0 Å². The number of ether oxygens (including phenoxy) is 1. The van der Waals surface area contributed by atoms with Crippen LogP contribution in [-0.4, -0.2) is 43.2 Å². The van der Waals surface area contributed by atoms with E-state index in [1.54, 1.807) is 12.1 Å². The molecule has 3 nitrogen and oxygen atoms in total. The van der Waals surface area contributed by atoms with Crippen LogP contribution in [0.4, 0.5) is 4.39 Å². The topological polar surface area (TPSA) is 24.5 Å². The van der Waals surface area contributed by atoms with Gasteiger partial charge in [0, 0.05) is 44.7 Å². The van der Waals surface area contributed by atoms with E-state index in [-0.39, 0.29) is 11.4 Å². The molecule has 1 saturated heterocycles. The zero-order chi connectivity index (χ0) is 12.6. The molecule has 18 heavy (non-hydrogen) atoms. The second-order valence-corrected chi connectivity index (χ2v) is 5.51. The van der Waals surface area contributed by atoms with Crippen molar-refractivity contribution < 1.29 is 9.13 Å². The molecule has 1 unspecified atom stereocenters. The fourth-order valence-electron chi connectivity index (χ4n) is 2.92. The van der Waals surface area contributed by atoms with Gasteiger partial charge in [0.15, 0.2) is 0 Å². The molecule has 1 aromatic rings. The molecule has 1 atom stereocenters. The fourth-order valence-corrected chi connectivity index (χ4v) is 2.92. The first-order chi connectivity index (χ1) is 8.65. The molecule has 0 saturated carbocycles. The molecule has 0 aromatic heterocycles. The predicted molar refractivity (Wildman–Crippen MR) is 68.4 cm³/mol. The molecule has 0 radical (unpaired) electrons. The standard InChI is InChI=1S/C14H19FN2O/c1-14(10-17-6-4-16-5-7-17)9-11-8-12(15)2-3-13(11)18-14/h2-3,8,16H,4-7,9-10H2,1H3. The van der Waals surface area contributed by atoms with Crippen LogP contribution in [-0.2, 0) is 6.42 Å². The number of hydrogen-bond acceptors (Lipinski definition) is 3. The minimum Gasteiger partial charge on any atom is -0.486 e. The molecule has 0 spiro atoms. The summed E-state index contributed by atoms with van der Waals surface area (Å²) in [6.07, 6.45) is 0.796. The van der Waals surface area contributed by atoms with Gasteiger partial charge >= 0.3 is 0 Å². The highest BCUT2D eigenvalue weighted by molar-refractivity contribution is 5.39. The van der Waals surface area contributed by atoms with E-state index in [1.165, 1.54) is 6.07 Å². The number of fused-ring (bicyclic) bond motifs is 1. The molecule has 3 rings (SSSR count). The van der Waals surface area contributed by atoms with Crippen LogP contribution in [0.2, 0.25) is 0 Å². The minimum absolute atomic E-state index is 0.177. The van der Waals surface area contributed by atoms with Crippen LogP contribution in [0.1, 0.15) is 12.5 Å². The van der Waals surface area contributed by atoms with E-state index in [0.717, 1.165) is 50.5 Å². The molecule has 2 aliphatic heterocycles. The van der Waals surface area contributed by atoms with Gasteiger partial charge < -0.3 is 10.1 Å². The molecular weight excluding hydrogens is 231 g/mol. The number of nitrogens with zero attached hydrogens (tertiary/aromatic N) is 1. The Labute approximate surface area is 107 Å². The SMILES string of the molecule is CC1(CN2CCNCC2)Cc2cc(F)ccc2O1. The van der Waals surface area contributed by atoms with Crippen LogP contribution in [0.3, 0.4) is 0 Å². The van der Waals surface area contributed by atoms with Crippen LogP contribution in [0.15, 0.2) is 18.2 Å². The predicted octanol–water partition coefficient (Wildman–Crippen LogP) is 1.42. The van der Waals surface area contributed by atoms with Gasteiger partial charge in [-0.15, -0.1) is 0 Å². The Bertz CT molecular complexity index is 445. The molecule has 4 heteroatoms. The zero-order valence-electron chi connectivity index (χ0n) is 10.7. The van der Waals surface area contributed by atoms with Gasteiger partial charge in [-0.3, -0.25) is 4.90 Å². The summed E-state index contributed by atoms with van der Waals surface area (Å²) in [7, 11) is 0. The monoisotopic (exact) mass is 250 g/mol. The van der Waals surface area contributed by atoms with Crippen molar-refractivity contribution in [1.29, 1.82) is 0 Å². The lowest BCUT2D eigenvalue weighted by Gasteiger charge is -2.34. The Balaban J connectivity index is 1.70. The second kappa shape index (κ2) is 4.52. The summed E-state index contributed by atoms with van der Waals surface area (Å²) in [5.41, 5.74) is 0.778. The van der Waals surface area contributed by atoms with Crippen molar-refractivity contribution in [1.82, 2.24) is 10.2 Å². The van der Waals surface area contributed by atoms with Crippen molar-refractivity contribution in [2.75, 3.05) is 32.7 Å².